The van der Waals surface area contributed by atoms with Crippen molar-refractivity contribution in [1.82, 2.24) is 5.32 Å². The zero-order valence-corrected chi connectivity index (χ0v) is 12.1. The summed E-state index contributed by atoms with van der Waals surface area (Å²) in [5, 5.41) is 3.06. The van der Waals surface area contributed by atoms with Crippen LogP contribution < -0.4 is 5.32 Å². The number of benzene rings is 1. The minimum Gasteiger partial charge on any atom is -0.464 e. The molecule has 110 valence electrons. The Kier molecular flexibility index (Phi) is 7.26. The first kappa shape index (κ1) is 16.7. The van der Waals surface area contributed by atoms with Crippen molar-refractivity contribution in [2.24, 2.45) is 5.92 Å². The normalized spacial score (nSPS) is 19.8. The zero-order valence-electron chi connectivity index (χ0n) is 11.3. The Morgan fingerprint density at radius 1 is 1.35 bits per heavy atom. The van der Waals surface area contributed by atoms with E-state index in [1.54, 1.807) is 0 Å². The molecule has 1 saturated heterocycles. The average Bonchev–Trinajstić information content (AvgIpc) is 2.43. The fraction of sp³-hybridized carbons (Fsp3) is 0.467. The van der Waals surface area contributed by atoms with Gasteiger partial charge in [0, 0.05) is 12.3 Å². The molecule has 1 aromatic carbocycles. The second-order valence-corrected chi connectivity index (χ2v) is 4.91. The molecule has 1 N–H and O–H groups in total. The molecule has 0 spiro atoms. The first-order valence-corrected chi connectivity index (χ1v) is 6.66. The number of halogens is 1. The SMILES string of the molecule is Cl.O=COC(Cc1ccccc1)CC1CCNCC1=O. The number of hydrogen-bond donors (Lipinski definition) is 1. The van der Waals surface area contributed by atoms with Crippen molar-refractivity contribution in [1.29, 1.82) is 0 Å². The standard InChI is InChI=1S/C15H19NO3.ClH/c17-11-19-14(8-12-4-2-1-3-5-12)9-13-6-7-16-10-15(13)18;/h1-5,11,13-14,16H,6-10H2;1H. The highest BCUT2D eigenvalue weighted by molar-refractivity contribution is 5.85. The molecule has 0 amide bonds. The quantitative estimate of drug-likeness (QED) is 0.813. The van der Waals surface area contributed by atoms with E-state index in [0.717, 1.165) is 18.5 Å². The van der Waals surface area contributed by atoms with Crippen molar-refractivity contribution < 1.29 is 14.3 Å². The van der Waals surface area contributed by atoms with Crippen LogP contribution >= 0.6 is 12.4 Å². The monoisotopic (exact) mass is 297 g/mol. The molecule has 5 heteroatoms. The molecule has 2 rings (SSSR count). The van der Waals surface area contributed by atoms with Crippen molar-refractivity contribution in [3.8, 4) is 0 Å². The second kappa shape index (κ2) is 8.72. The van der Waals surface area contributed by atoms with Crippen LogP contribution in [0, 0.1) is 5.92 Å². The maximum Gasteiger partial charge on any atom is 0.293 e. The van der Waals surface area contributed by atoms with E-state index in [-0.39, 0.29) is 30.2 Å². The van der Waals surface area contributed by atoms with Gasteiger partial charge in [0.05, 0.1) is 6.54 Å². The van der Waals surface area contributed by atoms with Gasteiger partial charge in [0.1, 0.15) is 11.9 Å². The third-order valence-electron chi connectivity index (χ3n) is 3.53. The van der Waals surface area contributed by atoms with Gasteiger partial charge in [0.15, 0.2) is 0 Å². The largest absolute Gasteiger partial charge is 0.464 e. The van der Waals surface area contributed by atoms with E-state index in [1.165, 1.54) is 0 Å². The third kappa shape index (κ3) is 4.94. The van der Waals surface area contributed by atoms with Crippen LogP contribution in [0.25, 0.3) is 0 Å². The van der Waals surface area contributed by atoms with E-state index < -0.39 is 0 Å². The summed E-state index contributed by atoms with van der Waals surface area (Å²) in [5.74, 6) is 0.230. The van der Waals surface area contributed by atoms with E-state index in [4.69, 9.17) is 4.74 Å². The molecule has 1 aromatic rings. The Balaban J connectivity index is 0.00000200. The number of piperidine rings is 1. The van der Waals surface area contributed by atoms with Crippen LogP contribution in [0.5, 0.6) is 0 Å². The number of carbonyl (C=O) groups is 2. The highest BCUT2D eigenvalue weighted by Gasteiger charge is 2.26. The van der Waals surface area contributed by atoms with Gasteiger partial charge < -0.3 is 10.1 Å². The molecule has 2 atom stereocenters. The lowest BCUT2D eigenvalue weighted by atomic mass is 9.89. The van der Waals surface area contributed by atoms with Gasteiger partial charge in [0.25, 0.3) is 6.47 Å². The number of hydrogen-bond acceptors (Lipinski definition) is 4. The lowest BCUT2D eigenvalue weighted by molar-refractivity contribution is -0.136. The number of carbonyl (C=O) groups excluding carboxylic acids is 2. The number of nitrogens with one attached hydrogen (secondary N) is 1. The molecule has 2 unspecified atom stereocenters. The third-order valence-corrected chi connectivity index (χ3v) is 3.53. The lowest BCUT2D eigenvalue weighted by Crippen LogP contribution is -2.38. The van der Waals surface area contributed by atoms with E-state index in [0.29, 0.717) is 25.9 Å². The van der Waals surface area contributed by atoms with Gasteiger partial charge in [-0.3, -0.25) is 9.59 Å². The first-order valence-electron chi connectivity index (χ1n) is 6.66. The second-order valence-electron chi connectivity index (χ2n) is 4.91. The molecular weight excluding hydrogens is 278 g/mol. The lowest BCUT2D eigenvalue weighted by Gasteiger charge is -2.25. The van der Waals surface area contributed by atoms with Crippen molar-refractivity contribution >= 4 is 24.7 Å². The van der Waals surface area contributed by atoms with E-state index >= 15 is 0 Å². The van der Waals surface area contributed by atoms with Crippen LogP contribution in [0.3, 0.4) is 0 Å². The highest BCUT2D eigenvalue weighted by Crippen LogP contribution is 2.19. The van der Waals surface area contributed by atoms with Crippen LogP contribution in [0.2, 0.25) is 0 Å². The molecule has 1 fully saturated rings. The number of ether oxygens (including phenoxy) is 1. The molecule has 1 aliphatic rings. The molecular formula is C15H20ClNO3. The van der Waals surface area contributed by atoms with Gasteiger partial charge >= 0.3 is 0 Å². The van der Waals surface area contributed by atoms with Crippen LogP contribution in [0.1, 0.15) is 18.4 Å². The molecule has 20 heavy (non-hydrogen) atoms. The molecule has 0 radical (unpaired) electrons. The van der Waals surface area contributed by atoms with E-state index in [2.05, 4.69) is 5.32 Å². The summed E-state index contributed by atoms with van der Waals surface area (Å²) in [6.45, 7) is 1.78. The zero-order chi connectivity index (χ0) is 13.5. The summed E-state index contributed by atoms with van der Waals surface area (Å²) in [5.41, 5.74) is 1.12. The summed E-state index contributed by atoms with van der Waals surface area (Å²) in [7, 11) is 0. The van der Waals surface area contributed by atoms with Crippen LogP contribution in [-0.2, 0) is 20.7 Å². The molecule has 0 saturated carbocycles. The molecule has 0 aliphatic carbocycles. The topological polar surface area (TPSA) is 55.4 Å². The van der Waals surface area contributed by atoms with Crippen LogP contribution in [0.15, 0.2) is 30.3 Å². The Morgan fingerprint density at radius 3 is 2.75 bits per heavy atom. The highest BCUT2D eigenvalue weighted by atomic mass is 35.5. The maximum atomic E-state index is 11.8. The average molecular weight is 298 g/mol. The van der Waals surface area contributed by atoms with Crippen molar-refractivity contribution in [2.45, 2.75) is 25.4 Å². The molecule has 0 aromatic heterocycles. The molecule has 1 aliphatic heterocycles. The summed E-state index contributed by atoms with van der Waals surface area (Å²) < 4.78 is 5.14. The van der Waals surface area contributed by atoms with Gasteiger partial charge in [-0.1, -0.05) is 30.3 Å². The fourth-order valence-corrected chi connectivity index (χ4v) is 2.50. The van der Waals surface area contributed by atoms with Crippen molar-refractivity contribution in [3.05, 3.63) is 35.9 Å². The molecule has 0 bridgehead atoms. The Morgan fingerprint density at radius 2 is 2.10 bits per heavy atom. The van der Waals surface area contributed by atoms with Gasteiger partial charge in [-0.15, -0.1) is 12.4 Å². The van der Waals surface area contributed by atoms with Gasteiger partial charge in [-0.05, 0) is 24.9 Å². The predicted molar refractivity (Wildman–Crippen MR) is 78.9 cm³/mol. The minimum atomic E-state index is -0.216. The van der Waals surface area contributed by atoms with E-state index in [1.807, 2.05) is 30.3 Å². The Labute approximate surface area is 125 Å². The Bertz CT molecular complexity index is 424. The van der Waals surface area contributed by atoms with Crippen molar-refractivity contribution in [2.75, 3.05) is 13.1 Å². The predicted octanol–water partition coefficient (Wildman–Crippen LogP) is 1.76. The van der Waals surface area contributed by atoms with Gasteiger partial charge in [-0.2, -0.15) is 0 Å². The van der Waals surface area contributed by atoms with Crippen molar-refractivity contribution in [3.63, 3.8) is 0 Å². The first-order chi connectivity index (χ1) is 9.29. The maximum absolute atomic E-state index is 11.8. The summed E-state index contributed by atoms with van der Waals surface area (Å²) >= 11 is 0. The molecule has 1 heterocycles. The number of Topliss-reactive ketones (excluding diaryl/α,β-unsaturated/α-hetero) is 1. The van der Waals surface area contributed by atoms with Gasteiger partial charge in [-0.25, -0.2) is 0 Å². The number of ketones is 1. The summed E-state index contributed by atoms with van der Waals surface area (Å²) in [6, 6.07) is 9.89. The summed E-state index contributed by atoms with van der Waals surface area (Å²) in [6.07, 6.45) is 1.89. The molecule has 4 nitrogen and oxygen atoms in total. The van der Waals surface area contributed by atoms with Crippen LogP contribution in [0.4, 0.5) is 0 Å². The van der Waals surface area contributed by atoms with E-state index in [9.17, 15) is 9.59 Å². The smallest absolute Gasteiger partial charge is 0.293 e. The van der Waals surface area contributed by atoms with Gasteiger partial charge in [0.2, 0.25) is 0 Å². The fourth-order valence-electron chi connectivity index (χ4n) is 2.50. The Hall–Kier alpha value is -1.39. The number of rotatable bonds is 6. The van der Waals surface area contributed by atoms with Crippen LogP contribution in [-0.4, -0.2) is 31.4 Å². The summed E-state index contributed by atoms with van der Waals surface area (Å²) in [4.78, 5) is 22.4. The minimum absolute atomic E-state index is 0.